The minimum atomic E-state index is -0.246. The van der Waals surface area contributed by atoms with E-state index in [1.54, 1.807) is 18.3 Å². The van der Waals surface area contributed by atoms with Crippen molar-refractivity contribution >= 4 is 0 Å². The Balaban J connectivity index is 1.74. The van der Waals surface area contributed by atoms with Crippen molar-refractivity contribution in [3.05, 3.63) is 77.6 Å². The second kappa shape index (κ2) is 6.71. The van der Waals surface area contributed by atoms with Crippen LogP contribution in [0, 0.1) is 12.7 Å². The molecule has 1 N–H and O–H groups in total. The zero-order chi connectivity index (χ0) is 16.2. The van der Waals surface area contributed by atoms with Gasteiger partial charge in [-0.2, -0.15) is 5.10 Å². The van der Waals surface area contributed by atoms with Crippen molar-refractivity contribution in [1.29, 1.82) is 0 Å². The fourth-order valence-electron chi connectivity index (χ4n) is 2.56. The molecular formula is C18H19FN4. The van der Waals surface area contributed by atoms with E-state index < -0.39 is 0 Å². The minimum Gasteiger partial charge on any atom is -0.304 e. The molecular weight excluding hydrogens is 291 g/mol. The Kier molecular flexibility index (Phi) is 4.48. The number of benzene rings is 1. The summed E-state index contributed by atoms with van der Waals surface area (Å²) in [5.74, 6) is -0.246. The van der Waals surface area contributed by atoms with E-state index in [9.17, 15) is 4.39 Å². The summed E-state index contributed by atoms with van der Waals surface area (Å²) in [5, 5.41) is 7.88. The van der Waals surface area contributed by atoms with Crippen LogP contribution in [0.2, 0.25) is 0 Å². The lowest BCUT2D eigenvalue weighted by Gasteiger charge is -2.14. The van der Waals surface area contributed by atoms with Gasteiger partial charge >= 0.3 is 0 Å². The van der Waals surface area contributed by atoms with Crippen LogP contribution in [0.15, 0.2) is 54.9 Å². The summed E-state index contributed by atoms with van der Waals surface area (Å²) in [6, 6.07) is 12.4. The van der Waals surface area contributed by atoms with E-state index in [1.165, 1.54) is 12.1 Å². The number of hydrogen-bond donors (Lipinski definition) is 1. The fraction of sp³-hybridized carbons (Fsp3) is 0.222. The molecule has 3 rings (SSSR count). The van der Waals surface area contributed by atoms with Crippen molar-refractivity contribution < 1.29 is 4.39 Å². The highest BCUT2D eigenvalue weighted by atomic mass is 19.1. The summed E-state index contributed by atoms with van der Waals surface area (Å²) >= 11 is 0. The second-order valence-electron chi connectivity index (χ2n) is 5.50. The lowest BCUT2D eigenvalue weighted by Crippen LogP contribution is -2.19. The minimum absolute atomic E-state index is 0.145. The van der Waals surface area contributed by atoms with Crippen LogP contribution in [0.4, 0.5) is 4.39 Å². The fourth-order valence-corrected chi connectivity index (χ4v) is 2.56. The van der Waals surface area contributed by atoms with Crippen LogP contribution in [-0.4, -0.2) is 14.8 Å². The van der Waals surface area contributed by atoms with Gasteiger partial charge in [-0.1, -0.05) is 6.07 Å². The maximum absolute atomic E-state index is 13.1. The monoisotopic (exact) mass is 310 g/mol. The Morgan fingerprint density at radius 3 is 2.65 bits per heavy atom. The van der Waals surface area contributed by atoms with E-state index in [-0.39, 0.29) is 11.9 Å². The topological polar surface area (TPSA) is 42.7 Å². The standard InChI is InChI=1S/C18H19FN4/c1-13(21-11-16-5-3-4-10-20-16)18-12-22-23(14(18)2)17-8-6-15(19)7-9-17/h3-10,12-13,21H,11H2,1-2H3/t13-/m1/s1. The maximum atomic E-state index is 13.1. The molecule has 4 nitrogen and oxygen atoms in total. The van der Waals surface area contributed by atoms with Crippen molar-refractivity contribution in [1.82, 2.24) is 20.1 Å². The molecule has 0 aliphatic carbocycles. The largest absolute Gasteiger partial charge is 0.304 e. The van der Waals surface area contributed by atoms with E-state index in [2.05, 4.69) is 22.3 Å². The van der Waals surface area contributed by atoms with Crippen LogP contribution >= 0.6 is 0 Å². The number of hydrogen-bond acceptors (Lipinski definition) is 3. The van der Waals surface area contributed by atoms with Crippen LogP contribution in [0.3, 0.4) is 0 Å². The third-order valence-electron chi connectivity index (χ3n) is 3.90. The third-order valence-corrected chi connectivity index (χ3v) is 3.90. The second-order valence-corrected chi connectivity index (χ2v) is 5.50. The van der Waals surface area contributed by atoms with Crippen LogP contribution in [0.1, 0.15) is 29.9 Å². The molecule has 0 fully saturated rings. The molecule has 0 aliphatic rings. The SMILES string of the molecule is Cc1c([C@@H](C)NCc2ccccn2)cnn1-c1ccc(F)cc1. The van der Waals surface area contributed by atoms with Crippen molar-refractivity contribution in [2.24, 2.45) is 0 Å². The molecule has 2 aromatic heterocycles. The molecule has 0 unspecified atom stereocenters. The average molecular weight is 310 g/mol. The first-order valence-electron chi connectivity index (χ1n) is 7.59. The molecule has 23 heavy (non-hydrogen) atoms. The van der Waals surface area contributed by atoms with Gasteiger partial charge in [-0.05, 0) is 50.2 Å². The van der Waals surface area contributed by atoms with Crippen LogP contribution in [0.25, 0.3) is 5.69 Å². The Bertz CT molecular complexity index is 765. The first kappa shape index (κ1) is 15.4. The van der Waals surface area contributed by atoms with Crippen molar-refractivity contribution in [2.75, 3.05) is 0 Å². The Morgan fingerprint density at radius 1 is 1.17 bits per heavy atom. The van der Waals surface area contributed by atoms with Crippen LogP contribution in [-0.2, 0) is 6.54 Å². The van der Waals surface area contributed by atoms with Gasteiger partial charge in [0.25, 0.3) is 0 Å². The molecule has 2 heterocycles. The van der Waals surface area contributed by atoms with Gasteiger partial charge in [-0.25, -0.2) is 9.07 Å². The molecule has 0 saturated heterocycles. The molecule has 5 heteroatoms. The van der Waals surface area contributed by atoms with Gasteiger partial charge in [0.1, 0.15) is 5.82 Å². The van der Waals surface area contributed by atoms with Gasteiger partial charge in [-0.15, -0.1) is 0 Å². The Labute approximate surface area is 135 Å². The maximum Gasteiger partial charge on any atom is 0.123 e. The lowest BCUT2D eigenvalue weighted by molar-refractivity contribution is 0.565. The van der Waals surface area contributed by atoms with E-state index in [0.29, 0.717) is 6.54 Å². The zero-order valence-electron chi connectivity index (χ0n) is 13.2. The molecule has 3 aromatic rings. The van der Waals surface area contributed by atoms with E-state index in [1.807, 2.05) is 36.0 Å². The first-order valence-corrected chi connectivity index (χ1v) is 7.59. The molecule has 0 aliphatic heterocycles. The number of rotatable bonds is 5. The predicted octanol–water partition coefficient (Wildman–Crippen LogP) is 3.57. The van der Waals surface area contributed by atoms with Crippen LogP contribution in [0.5, 0.6) is 0 Å². The van der Waals surface area contributed by atoms with Gasteiger partial charge in [0.15, 0.2) is 0 Å². The Morgan fingerprint density at radius 2 is 1.96 bits per heavy atom. The number of aromatic nitrogens is 3. The molecule has 1 atom stereocenters. The number of nitrogens with one attached hydrogen (secondary N) is 1. The quantitative estimate of drug-likeness (QED) is 0.783. The highest BCUT2D eigenvalue weighted by Crippen LogP contribution is 2.20. The lowest BCUT2D eigenvalue weighted by atomic mass is 10.1. The van der Waals surface area contributed by atoms with E-state index in [4.69, 9.17) is 0 Å². The normalized spacial score (nSPS) is 12.3. The van der Waals surface area contributed by atoms with E-state index >= 15 is 0 Å². The van der Waals surface area contributed by atoms with Crippen molar-refractivity contribution in [3.8, 4) is 5.69 Å². The smallest absolute Gasteiger partial charge is 0.123 e. The molecule has 1 aromatic carbocycles. The summed E-state index contributed by atoms with van der Waals surface area (Å²) in [7, 11) is 0. The summed E-state index contributed by atoms with van der Waals surface area (Å²) in [5.41, 5.74) is 4.01. The van der Waals surface area contributed by atoms with Crippen LogP contribution < -0.4 is 5.32 Å². The predicted molar refractivity (Wildman–Crippen MR) is 87.8 cm³/mol. The molecule has 0 spiro atoms. The number of nitrogens with zero attached hydrogens (tertiary/aromatic N) is 3. The highest BCUT2D eigenvalue weighted by Gasteiger charge is 2.14. The van der Waals surface area contributed by atoms with Gasteiger partial charge in [0.2, 0.25) is 0 Å². The number of pyridine rings is 1. The third kappa shape index (κ3) is 3.46. The first-order chi connectivity index (χ1) is 11.1. The average Bonchev–Trinajstić information content (AvgIpc) is 2.96. The van der Waals surface area contributed by atoms with Gasteiger partial charge in [-0.3, -0.25) is 4.98 Å². The van der Waals surface area contributed by atoms with E-state index in [0.717, 1.165) is 22.6 Å². The summed E-state index contributed by atoms with van der Waals surface area (Å²) < 4.78 is 14.9. The van der Waals surface area contributed by atoms with Crippen molar-refractivity contribution in [2.45, 2.75) is 26.4 Å². The molecule has 118 valence electrons. The number of halogens is 1. The summed E-state index contributed by atoms with van der Waals surface area (Å²) in [6.45, 7) is 4.82. The Hall–Kier alpha value is -2.53. The molecule has 0 bridgehead atoms. The highest BCUT2D eigenvalue weighted by molar-refractivity contribution is 5.35. The van der Waals surface area contributed by atoms with Gasteiger partial charge in [0.05, 0.1) is 17.6 Å². The summed E-state index contributed by atoms with van der Waals surface area (Å²) in [4.78, 5) is 4.31. The summed E-state index contributed by atoms with van der Waals surface area (Å²) in [6.07, 6.45) is 3.65. The van der Waals surface area contributed by atoms with Gasteiger partial charge < -0.3 is 5.32 Å². The zero-order valence-corrected chi connectivity index (χ0v) is 13.2. The molecule has 0 saturated carbocycles. The molecule has 0 radical (unpaired) electrons. The van der Waals surface area contributed by atoms with Crippen molar-refractivity contribution in [3.63, 3.8) is 0 Å². The van der Waals surface area contributed by atoms with Gasteiger partial charge in [0, 0.05) is 30.0 Å². The molecule has 0 amide bonds.